The Bertz CT molecular complexity index is 321. The minimum atomic E-state index is 0.584. The summed E-state index contributed by atoms with van der Waals surface area (Å²) in [5.74, 6) is 0. The van der Waals surface area contributed by atoms with Gasteiger partial charge in [0.25, 0.3) is 0 Å². The van der Waals surface area contributed by atoms with Gasteiger partial charge in [0.2, 0.25) is 0 Å². The molecule has 0 aliphatic carbocycles. The molecule has 1 aromatic rings. The third-order valence-corrected chi connectivity index (χ3v) is 3.28. The SMILES string of the molecule is CCNCc1nc(COCCCOCCOC)cs1. The number of methoxy groups -OCH3 is 1. The second kappa shape index (κ2) is 11.3. The highest BCUT2D eigenvalue weighted by atomic mass is 32.1. The zero-order valence-corrected chi connectivity index (χ0v) is 12.6. The molecule has 1 aromatic heterocycles. The van der Waals surface area contributed by atoms with Crippen LogP contribution in [0.3, 0.4) is 0 Å². The van der Waals surface area contributed by atoms with Gasteiger partial charge in [0.1, 0.15) is 5.01 Å². The van der Waals surface area contributed by atoms with Crippen LogP contribution in [0, 0.1) is 0 Å². The normalized spacial score (nSPS) is 11.1. The molecule has 0 atom stereocenters. The van der Waals surface area contributed by atoms with Gasteiger partial charge in [-0.25, -0.2) is 4.98 Å². The lowest BCUT2D eigenvalue weighted by molar-refractivity contribution is 0.0479. The van der Waals surface area contributed by atoms with Gasteiger partial charge in [0.05, 0.1) is 25.5 Å². The van der Waals surface area contributed by atoms with Crippen molar-refractivity contribution >= 4 is 11.3 Å². The van der Waals surface area contributed by atoms with E-state index in [1.54, 1.807) is 18.4 Å². The summed E-state index contributed by atoms with van der Waals surface area (Å²) < 4.78 is 15.8. The minimum absolute atomic E-state index is 0.584. The molecular weight excluding hydrogens is 264 g/mol. The fraction of sp³-hybridized carbons (Fsp3) is 0.769. The average molecular weight is 288 g/mol. The lowest BCUT2D eigenvalue weighted by Gasteiger charge is -2.04. The van der Waals surface area contributed by atoms with Gasteiger partial charge in [-0.1, -0.05) is 6.92 Å². The highest BCUT2D eigenvalue weighted by Crippen LogP contribution is 2.10. The molecule has 1 heterocycles. The Morgan fingerprint density at radius 3 is 2.84 bits per heavy atom. The Kier molecular flexibility index (Phi) is 9.84. The number of thiazole rings is 1. The zero-order valence-electron chi connectivity index (χ0n) is 11.8. The molecule has 1 rings (SSSR count). The Morgan fingerprint density at radius 2 is 2.05 bits per heavy atom. The fourth-order valence-corrected chi connectivity index (χ4v) is 2.16. The smallest absolute Gasteiger partial charge is 0.107 e. The predicted octanol–water partition coefficient (Wildman–Crippen LogP) is 1.82. The van der Waals surface area contributed by atoms with Crippen LogP contribution < -0.4 is 5.32 Å². The van der Waals surface area contributed by atoms with E-state index >= 15 is 0 Å². The van der Waals surface area contributed by atoms with Gasteiger partial charge in [-0.2, -0.15) is 0 Å². The van der Waals surface area contributed by atoms with E-state index in [-0.39, 0.29) is 0 Å². The van der Waals surface area contributed by atoms with Crippen LogP contribution in [0.15, 0.2) is 5.38 Å². The molecule has 0 saturated carbocycles. The molecule has 0 saturated heterocycles. The first kappa shape index (κ1) is 16.5. The lowest BCUT2D eigenvalue weighted by Crippen LogP contribution is -2.11. The van der Waals surface area contributed by atoms with Crippen molar-refractivity contribution in [3.63, 3.8) is 0 Å². The molecule has 0 aliphatic rings. The first-order chi connectivity index (χ1) is 9.36. The minimum Gasteiger partial charge on any atom is -0.382 e. The summed E-state index contributed by atoms with van der Waals surface area (Å²) in [6.45, 7) is 7.19. The topological polar surface area (TPSA) is 52.6 Å². The maximum Gasteiger partial charge on any atom is 0.107 e. The van der Waals surface area contributed by atoms with E-state index in [1.165, 1.54) is 0 Å². The molecule has 5 nitrogen and oxygen atoms in total. The van der Waals surface area contributed by atoms with Gasteiger partial charge in [-0.3, -0.25) is 0 Å². The average Bonchev–Trinajstić information content (AvgIpc) is 2.87. The van der Waals surface area contributed by atoms with Gasteiger partial charge < -0.3 is 19.5 Å². The number of aromatic nitrogens is 1. The molecule has 1 N–H and O–H groups in total. The molecule has 0 spiro atoms. The molecule has 0 aliphatic heterocycles. The first-order valence-corrected chi connectivity index (χ1v) is 7.53. The Labute approximate surface area is 119 Å². The van der Waals surface area contributed by atoms with E-state index in [0.29, 0.717) is 33.0 Å². The van der Waals surface area contributed by atoms with Crippen LogP contribution in [0.5, 0.6) is 0 Å². The van der Waals surface area contributed by atoms with E-state index in [1.807, 2.05) is 0 Å². The summed E-state index contributed by atoms with van der Waals surface area (Å²) in [4.78, 5) is 4.49. The van der Waals surface area contributed by atoms with Crippen LogP contribution >= 0.6 is 11.3 Å². The quantitative estimate of drug-likeness (QED) is 0.595. The fourth-order valence-electron chi connectivity index (χ4n) is 1.41. The van der Waals surface area contributed by atoms with Crippen molar-refractivity contribution in [2.75, 3.05) is 40.1 Å². The molecule has 6 heteroatoms. The molecule has 0 aromatic carbocycles. The van der Waals surface area contributed by atoms with Crippen molar-refractivity contribution in [1.29, 1.82) is 0 Å². The van der Waals surface area contributed by atoms with Crippen molar-refractivity contribution in [3.8, 4) is 0 Å². The summed E-state index contributed by atoms with van der Waals surface area (Å²) in [7, 11) is 1.67. The molecule has 19 heavy (non-hydrogen) atoms. The maximum absolute atomic E-state index is 5.56. The second-order valence-corrected chi connectivity index (χ2v) is 4.97. The van der Waals surface area contributed by atoms with Gasteiger partial charge in [0, 0.05) is 32.2 Å². The summed E-state index contributed by atoms with van der Waals surface area (Å²) in [6, 6.07) is 0. The second-order valence-electron chi connectivity index (χ2n) is 4.02. The highest BCUT2D eigenvalue weighted by Gasteiger charge is 2.01. The molecular formula is C13H24N2O3S. The first-order valence-electron chi connectivity index (χ1n) is 6.65. The molecule has 110 valence electrons. The maximum atomic E-state index is 5.56. The Morgan fingerprint density at radius 1 is 1.21 bits per heavy atom. The van der Waals surface area contributed by atoms with Crippen LogP contribution in [0.4, 0.5) is 0 Å². The summed E-state index contributed by atoms with van der Waals surface area (Å²) in [6.07, 6.45) is 0.901. The van der Waals surface area contributed by atoms with Crippen molar-refractivity contribution in [2.24, 2.45) is 0 Å². The van der Waals surface area contributed by atoms with Crippen molar-refractivity contribution in [2.45, 2.75) is 26.5 Å². The van der Waals surface area contributed by atoms with Crippen molar-refractivity contribution < 1.29 is 14.2 Å². The molecule has 0 bridgehead atoms. The number of ether oxygens (including phenoxy) is 3. The van der Waals surface area contributed by atoms with Gasteiger partial charge in [0.15, 0.2) is 0 Å². The van der Waals surface area contributed by atoms with Crippen molar-refractivity contribution in [3.05, 3.63) is 16.1 Å². The lowest BCUT2D eigenvalue weighted by atomic mass is 10.5. The van der Waals surface area contributed by atoms with Crippen LogP contribution in [0.1, 0.15) is 24.0 Å². The summed E-state index contributed by atoms with van der Waals surface area (Å²) in [5, 5.41) is 6.43. The predicted molar refractivity (Wildman–Crippen MR) is 76.5 cm³/mol. The standard InChI is InChI=1S/C13H24N2O3S/c1-3-14-9-13-15-12(11-19-13)10-18-6-4-5-17-8-7-16-2/h11,14H,3-10H2,1-2H3. The number of hydrogen-bond acceptors (Lipinski definition) is 6. The van der Waals surface area contributed by atoms with Crippen LogP contribution in [0.25, 0.3) is 0 Å². The summed E-state index contributed by atoms with van der Waals surface area (Å²) >= 11 is 1.67. The molecule has 0 unspecified atom stereocenters. The zero-order chi connectivity index (χ0) is 13.8. The Balaban J connectivity index is 1.98. The number of nitrogens with one attached hydrogen (secondary N) is 1. The van der Waals surface area contributed by atoms with Crippen LogP contribution in [0.2, 0.25) is 0 Å². The largest absolute Gasteiger partial charge is 0.382 e. The number of rotatable bonds is 12. The van der Waals surface area contributed by atoms with E-state index < -0.39 is 0 Å². The van der Waals surface area contributed by atoms with E-state index in [0.717, 1.165) is 30.2 Å². The Hall–Kier alpha value is -0.530. The number of nitrogens with zero attached hydrogens (tertiary/aromatic N) is 1. The van der Waals surface area contributed by atoms with Gasteiger partial charge >= 0.3 is 0 Å². The molecule has 0 amide bonds. The summed E-state index contributed by atoms with van der Waals surface area (Å²) in [5.41, 5.74) is 1.01. The van der Waals surface area contributed by atoms with E-state index in [4.69, 9.17) is 14.2 Å². The third-order valence-electron chi connectivity index (χ3n) is 2.38. The van der Waals surface area contributed by atoms with Crippen LogP contribution in [-0.2, 0) is 27.4 Å². The van der Waals surface area contributed by atoms with Crippen LogP contribution in [-0.4, -0.2) is 45.1 Å². The molecule has 0 fully saturated rings. The molecule has 0 radical (unpaired) electrons. The third kappa shape index (κ3) is 8.28. The highest BCUT2D eigenvalue weighted by molar-refractivity contribution is 7.09. The van der Waals surface area contributed by atoms with Gasteiger partial charge in [-0.15, -0.1) is 11.3 Å². The van der Waals surface area contributed by atoms with Gasteiger partial charge in [-0.05, 0) is 13.0 Å². The van der Waals surface area contributed by atoms with Crippen molar-refractivity contribution in [1.82, 2.24) is 10.3 Å². The number of hydrogen-bond donors (Lipinski definition) is 1. The monoisotopic (exact) mass is 288 g/mol. The van der Waals surface area contributed by atoms with E-state index in [9.17, 15) is 0 Å². The van der Waals surface area contributed by atoms with E-state index in [2.05, 4.69) is 22.6 Å².